The quantitative estimate of drug-likeness (QED) is 0.170. The lowest BCUT2D eigenvalue weighted by atomic mass is 10.0. The van der Waals surface area contributed by atoms with Crippen LogP contribution in [0.5, 0.6) is 0 Å². The van der Waals surface area contributed by atoms with Crippen LogP contribution in [0.15, 0.2) is 103 Å². The molecule has 0 atom stereocenters. The summed E-state index contributed by atoms with van der Waals surface area (Å²) >= 11 is 0. The smallest absolute Gasteiger partial charge is 0.258 e. The third-order valence-electron chi connectivity index (χ3n) is 5.60. The summed E-state index contributed by atoms with van der Waals surface area (Å²) in [5.41, 5.74) is 4.80. The number of nitrogens with zero attached hydrogens (tertiary/aromatic N) is 1. The van der Waals surface area contributed by atoms with Gasteiger partial charge in [0.1, 0.15) is 0 Å². The average Bonchev–Trinajstić information content (AvgIpc) is 3.16. The second kappa shape index (κ2) is 7.45. The van der Waals surface area contributed by atoms with Gasteiger partial charge in [0.2, 0.25) is 0 Å². The summed E-state index contributed by atoms with van der Waals surface area (Å²) in [6, 6.07) is 34.6. The lowest BCUT2D eigenvalue weighted by Gasteiger charge is -2.00. The van der Waals surface area contributed by atoms with Crippen molar-refractivity contribution in [3.8, 4) is 11.1 Å². The van der Waals surface area contributed by atoms with Crippen molar-refractivity contribution in [1.29, 1.82) is 0 Å². The second-order valence-electron chi connectivity index (χ2n) is 7.48. The maximum absolute atomic E-state index is 10.7. The van der Waals surface area contributed by atoms with Crippen molar-refractivity contribution in [2.24, 2.45) is 0 Å². The highest BCUT2D eigenvalue weighted by Gasteiger charge is 2.20. The maximum Gasteiger partial charge on any atom is 0.269 e. The van der Waals surface area contributed by atoms with Gasteiger partial charge in [0.25, 0.3) is 5.69 Å². The molecule has 0 aromatic heterocycles. The lowest BCUT2D eigenvalue weighted by molar-refractivity contribution is -0.384. The van der Waals surface area contributed by atoms with Crippen molar-refractivity contribution < 1.29 is 4.92 Å². The van der Waals surface area contributed by atoms with Crippen molar-refractivity contribution in [2.75, 3.05) is 0 Å². The van der Waals surface area contributed by atoms with Crippen LogP contribution in [0.3, 0.4) is 0 Å². The fourth-order valence-electron chi connectivity index (χ4n) is 4.13. The molecule has 5 aromatic carbocycles. The second-order valence-corrected chi connectivity index (χ2v) is 7.48. The van der Waals surface area contributed by atoms with Gasteiger partial charge in [-0.05, 0) is 68.4 Å². The van der Waals surface area contributed by atoms with Crippen LogP contribution in [-0.4, -0.2) is 4.92 Å². The van der Waals surface area contributed by atoms with E-state index in [0.29, 0.717) is 0 Å². The van der Waals surface area contributed by atoms with Gasteiger partial charge in [0, 0.05) is 12.1 Å². The molecule has 0 fully saturated rings. The third kappa shape index (κ3) is 3.31. The topological polar surface area (TPSA) is 43.1 Å². The van der Waals surface area contributed by atoms with E-state index in [2.05, 4.69) is 72.8 Å². The first-order valence-corrected chi connectivity index (χ1v) is 9.92. The minimum absolute atomic E-state index is 0.173. The minimum atomic E-state index is -0.344. The Morgan fingerprint density at radius 1 is 0.567 bits per heavy atom. The summed E-state index contributed by atoms with van der Waals surface area (Å²) in [7, 11) is 0. The average molecular weight is 389 g/mol. The Morgan fingerprint density at radius 3 is 1.63 bits per heavy atom. The standard InChI is InChI=1S/C14H10.C13H9NO2/c1-2-6-12-10-14-8-4-3-7-13(14)9-11(12)5-1;15-14(16)11-5-6-13-10(8-11)7-9-3-1-2-4-12(9)13/h1-10H;1-6,8H,7H2. The van der Waals surface area contributed by atoms with E-state index in [1.807, 2.05) is 18.2 Å². The summed E-state index contributed by atoms with van der Waals surface area (Å²) in [6.07, 6.45) is 0.799. The van der Waals surface area contributed by atoms with E-state index < -0.39 is 0 Å². The zero-order chi connectivity index (χ0) is 20.5. The Kier molecular flexibility index (Phi) is 4.49. The van der Waals surface area contributed by atoms with Gasteiger partial charge < -0.3 is 0 Å². The Bertz CT molecular complexity index is 1300. The van der Waals surface area contributed by atoms with Crippen LogP contribution in [0.4, 0.5) is 5.69 Å². The summed E-state index contributed by atoms with van der Waals surface area (Å²) in [6.45, 7) is 0. The van der Waals surface area contributed by atoms with Crippen LogP contribution in [0, 0.1) is 10.1 Å². The molecule has 30 heavy (non-hydrogen) atoms. The van der Waals surface area contributed by atoms with Gasteiger partial charge in [-0.2, -0.15) is 0 Å². The van der Waals surface area contributed by atoms with E-state index in [0.717, 1.165) is 17.5 Å². The molecule has 0 heterocycles. The molecule has 0 unspecified atom stereocenters. The molecule has 0 saturated carbocycles. The van der Waals surface area contributed by atoms with Crippen molar-refractivity contribution in [2.45, 2.75) is 6.42 Å². The van der Waals surface area contributed by atoms with Crippen molar-refractivity contribution in [1.82, 2.24) is 0 Å². The fraction of sp³-hybridized carbons (Fsp3) is 0.0370. The summed E-state index contributed by atoms with van der Waals surface area (Å²) < 4.78 is 0. The molecule has 0 spiro atoms. The van der Waals surface area contributed by atoms with Crippen molar-refractivity contribution in [3.05, 3.63) is 124 Å². The molecule has 0 saturated heterocycles. The number of non-ortho nitro benzene ring substituents is 1. The highest BCUT2D eigenvalue weighted by Crippen LogP contribution is 2.37. The molecular formula is C27H19NO2. The van der Waals surface area contributed by atoms with Crippen LogP contribution in [-0.2, 0) is 6.42 Å². The normalized spacial score (nSPS) is 11.5. The van der Waals surface area contributed by atoms with Gasteiger partial charge in [-0.1, -0.05) is 72.8 Å². The number of nitro groups is 1. The van der Waals surface area contributed by atoms with Gasteiger partial charge in [-0.15, -0.1) is 0 Å². The molecule has 5 aromatic rings. The Morgan fingerprint density at radius 2 is 1.07 bits per heavy atom. The van der Waals surface area contributed by atoms with E-state index in [-0.39, 0.29) is 10.6 Å². The predicted octanol–water partition coefficient (Wildman–Crippen LogP) is 7.16. The van der Waals surface area contributed by atoms with Crippen LogP contribution in [0.1, 0.15) is 11.1 Å². The largest absolute Gasteiger partial charge is 0.269 e. The van der Waals surface area contributed by atoms with E-state index in [9.17, 15) is 10.1 Å². The minimum Gasteiger partial charge on any atom is -0.258 e. The van der Waals surface area contributed by atoms with E-state index in [1.165, 1.54) is 32.7 Å². The number of fused-ring (bicyclic) bond motifs is 5. The van der Waals surface area contributed by atoms with Gasteiger partial charge >= 0.3 is 0 Å². The molecule has 1 aliphatic carbocycles. The van der Waals surface area contributed by atoms with Crippen LogP contribution in [0.2, 0.25) is 0 Å². The maximum atomic E-state index is 10.7. The molecular weight excluding hydrogens is 370 g/mol. The number of benzene rings is 5. The number of nitro benzene ring substituents is 1. The first kappa shape index (κ1) is 18.1. The van der Waals surface area contributed by atoms with Gasteiger partial charge in [-0.25, -0.2) is 0 Å². The molecule has 0 amide bonds. The zero-order valence-electron chi connectivity index (χ0n) is 16.3. The summed E-state index contributed by atoms with van der Waals surface area (Å²) in [5.74, 6) is 0. The van der Waals surface area contributed by atoms with Gasteiger partial charge in [0.15, 0.2) is 0 Å². The SMILES string of the molecule is O=[N+]([O-])c1ccc2c(c1)Cc1ccccc1-2.c1ccc2cc3ccccc3cc2c1. The summed E-state index contributed by atoms with van der Waals surface area (Å²) in [4.78, 5) is 10.3. The Hall–Kier alpha value is -3.98. The van der Waals surface area contributed by atoms with E-state index in [4.69, 9.17) is 0 Å². The number of hydrogen-bond donors (Lipinski definition) is 0. The van der Waals surface area contributed by atoms with Crippen LogP contribution in [0.25, 0.3) is 32.7 Å². The van der Waals surface area contributed by atoms with E-state index >= 15 is 0 Å². The molecule has 0 aliphatic heterocycles. The highest BCUT2D eigenvalue weighted by atomic mass is 16.6. The molecule has 0 bridgehead atoms. The number of rotatable bonds is 1. The monoisotopic (exact) mass is 389 g/mol. The Balaban J connectivity index is 0.000000130. The predicted molar refractivity (Wildman–Crippen MR) is 123 cm³/mol. The van der Waals surface area contributed by atoms with Gasteiger partial charge in [0.05, 0.1) is 4.92 Å². The zero-order valence-corrected chi connectivity index (χ0v) is 16.3. The van der Waals surface area contributed by atoms with Crippen molar-refractivity contribution >= 4 is 27.2 Å². The molecule has 3 heteroatoms. The molecule has 1 aliphatic rings. The first-order valence-electron chi connectivity index (χ1n) is 9.92. The van der Waals surface area contributed by atoms with Crippen molar-refractivity contribution in [3.63, 3.8) is 0 Å². The highest BCUT2D eigenvalue weighted by molar-refractivity contribution is 5.98. The molecule has 0 radical (unpaired) electrons. The molecule has 3 nitrogen and oxygen atoms in total. The molecule has 144 valence electrons. The first-order chi connectivity index (χ1) is 14.7. The van der Waals surface area contributed by atoms with Crippen LogP contribution >= 0.6 is 0 Å². The third-order valence-corrected chi connectivity index (χ3v) is 5.60. The lowest BCUT2D eigenvalue weighted by Crippen LogP contribution is -1.89. The van der Waals surface area contributed by atoms with E-state index in [1.54, 1.807) is 12.1 Å². The summed E-state index contributed by atoms with van der Waals surface area (Å²) in [5, 5.41) is 15.9. The number of hydrogen-bond acceptors (Lipinski definition) is 2. The van der Waals surface area contributed by atoms with Gasteiger partial charge in [-0.3, -0.25) is 10.1 Å². The molecule has 0 N–H and O–H groups in total. The Labute approximate surface area is 174 Å². The molecule has 6 rings (SSSR count). The fourth-order valence-corrected chi connectivity index (χ4v) is 4.13. The van der Waals surface area contributed by atoms with Crippen LogP contribution < -0.4 is 0 Å².